The average molecular weight is 300 g/mol. The zero-order valence-electron chi connectivity index (χ0n) is 11.5. The highest BCUT2D eigenvalue weighted by atomic mass is 32.1. The number of ketones is 1. The van der Waals surface area contributed by atoms with Crippen molar-refractivity contribution in [3.8, 4) is 11.5 Å². The van der Waals surface area contributed by atoms with Crippen LogP contribution in [0.3, 0.4) is 0 Å². The van der Waals surface area contributed by atoms with Gasteiger partial charge in [-0.1, -0.05) is 6.07 Å². The summed E-state index contributed by atoms with van der Waals surface area (Å²) < 4.78 is 10.7. The fraction of sp³-hybridized carbons (Fsp3) is 0.125. The first kappa shape index (κ1) is 13.6. The Labute approximate surface area is 125 Å². The van der Waals surface area contributed by atoms with E-state index >= 15 is 0 Å². The Morgan fingerprint density at radius 1 is 1.38 bits per heavy atom. The van der Waals surface area contributed by atoms with E-state index in [1.54, 1.807) is 25.1 Å². The van der Waals surface area contributed by atoms with Crippen LogP contribution >= 0.6 is 11.3 Å². The molecule has 5 heteroatoms. The summed E-state index contributed by atoms with van der Waals surface area (Å²) in [6, 6.07) is 7.05. The second kappa shape index (κ2) is 5.18. The fourth-order valence-electron chi connectivity index (χ4n) is 2.20. The van der Waals surface area contributed by atoms with Crippen LogP contribution < -0.4 is 9.47 Å². The minimum atomic E-state index is -0.409. The molecule has 1 aromatic carbocycles. The van der Waals surface area contributed by atoms with E-state index in [0.29, 0.717) is 17.1 Å². The molecular weight excluding hydrogens is 288 g/mol. The molecule has 4 nitrogen and oxygen atoms in total. The molecular formula is C16H12O4S. The number of carbonyl (C=O) groups is 2. The molecule has 2 heterocycles. The molecule has 2 aromatic rings. The third kappa shape index (κ3) is 2.60. The average Bonchev–Trinajstić information content (AvgIpc) is 2.98. The van der Waals surface area contributed by atoms with Crippen LogP contribution in [0.15, 0.2) is 35.4 Å². The number of rotatable bonds is 2. The van der Waals surface area contributed by atoms with Crippen molar-refractivity contribution in [3.05, 3.63) is 51.4 Å². The van der Waals surface area contributed by atoms with E-state index in [1.807, 2.05) is 17.5 Å². The van der Waals surface area contributed by atoms with E-state index in [2.05, 4.69) is 0 Å². The van der Waals surface area contributed by atoms with E-state index in [-0.39, 0.29) is 11.5 Å². The largest absolute Gasteiger partial charge is 0.452 e. The number of esters is 1. The Morgan fingerprint density at radius 2 is 2.19 bits per heavy atom. The van der Waals surface area contributed by atoms with Crippen molar-refractivity contribution in [1.82, 2.24) is 0 Å². The van der Waals surface area contributed by atoms with Crippen LogP contribution in [0, 0.1) is 6.92 Å². The van der Waals surface area contributed by atoms with Crippen LogP contribution in [0.1, 0.15) is 27.7 Å². The molecule has 0 bridgehead atoms. The minimum absolute atomic E-state index is 0.148. The number of fused-ring (bicyclic) bond motifs is 1. The molecule has 0 spiro atoms. The summed E-state index contributed by atoms with van der Waals surface area (Å²) in [5, 5.41) is 1.93. The van der Waals surface area contributed by atoms with Gasteiger partial charge in [0.15, 0.2) is 5.76 Å². The predicted octanol–water partition coefficient (Wildman–Crippen LogP) is 3.60. The maximum atomic E-state index is 12.4. The predicted molar refractivity (Wildman–Crippen MR) is 79.7 cm³/mol. The SMILES string of the molecule is CC(=O)Oc1cc(C)c2c(c1)O/C(=C\c1cccs1)C2=O. The lowest BCUT2D eigenvalue weighted by Gasteiger charge is -2.05. The number of hydrogen-bond acceptors (Lipinski definition) is 5. The first-order valence-corrected chi connectivity index (χ1v) is 7.23. The van der Waals surface area contributed by atoms with Crippen molar-refractivity contribution in [2.45, 2.75) is 13.8 Å². The van der Waals surface area contributed by atoms with Gasteiger partial charge in [-0.2, -0.15) is 0 Å². The topological polar surface area (TPSA) is 52.6 Å². The molecule has 0 unspecified atom stereocenters. The third-order valence-corrected chi connectivity index (χ3v) is 3.84. The number of aryl methyl sites for hydroxylation is 1. The normalized spacial score (nSPS) is 15.0. The second-order valence-electron chi connectivity index (χ2n) is 4.66. The Kier molecular flexibility index (Phi) is 3.35. The Bertz CT molecular complexity index is 757. The summed E-state index contributed by atoms with van der Waals surface area (Å²) >= 11 is 1.53. The molecule has 0 aliphatic carbocycles. The smallest absolute Gasteiger partial charge is 0.308 e. The van der Waals surface area contributed by atoms with Gasteiger partial charge < -0.3 is 9.47 Å². The van der Waals surface area contributed by atoms with E-state index in [9.17, 15) is 9.59 Å². The number of thiophene rings is 1. The monoisotopic (exact) mass is 300 g/mol. The molecule has 0 saturated carbocycles. The molecule has 1 aromatic heterocycles. The molecule has 0 radical (unpaired) electrons. The Morgan fingerprint density at radius 3 is 2.86 bits per heavy atom. The summed E-state index contributed by atoms with van der Waals surface area (Å²) in [7, 11) is 0. The lowest BCUT2D eigenvalue weighted by atomic mass is 10.0. The van der Waals surface area contributed by atoms with Crippen molar-refractivity contribution in [2.75, 3.05) is 0 Å². The van der Waals surface area contributed by atoms with Gasteiger partial charge in [0.1, 0.15) is 11.5 Å². The van der Waals surface area contributed by atoms with Crippen LogP contribution in [0.25, 0.3) is 6.08 Å². The van der Waals surface area contributed by atoms with Gasteiger partial charge in [0.25, 0.3) is 0 Å². The first-order valence-electron chi connectivity index (χ1n) is 6.35. The van der Waals surface area contributed by atoms with Crippen LogP contribution in [-0.4, -0.2) is 11.8 Å². The number of hydrogen-bond donors (Lipinski definition) is 0. The van der Waals surface area contributed by atoms with E-state index in [0.717, 1.165) is 10.4 Å². The van der Waals surface area contributed by atoms with Crippen molar-refractivity contribution in [1.29, 1.82) is 0 Å². The number of Topliss-reactive ketones (excluding diaryl/α,β-unsaturated/α-hetero) is 1. The molecule has 3 rings (SSSR count). The lowest BCUT2D eigenvalue weighted by molar-refractivity contribution is -0.131. The second-order valence-corrected chi connectivity index (χ2v) is 5.64. The number of allylic oxidation sites excluding steroid dienone is 1. The van der Waals surface area contributed by atoms with Gasteiger partial charge in [0, 0.05) is 23.9 Å². The standard InChI is InChI=1S/C16H12O4S/c1-9-6-11(19-10(2)17)7-13-15(9)16(18)14(20-13)8-12-4-3-5-21-12/h3-8H,1-2H3/b14-8-. The molecule has 1 aliphatic heterocycles. The lowest BCUT2D eigenvalue weighted by Crippen LogP contribution is -2.02. The molecule has 1 aliphatic rings. The van der Waals surface area contributed by atoms with Crippen molar-refractivity contribution in [3.63, 3.8) is 0 Å². The molecule has 0 amide bonds. The van der Waals surface area contributed by atoms with Gasteiger partial charge in [-0.25, -0.2) is 0 Å². The fourth-order valence-corrected chi connectivity index (χ4v) is 2.85. The van der Waals surface area contributed by atoms with Crippen molar-refractivity contribution in [2.24, 2.45) is 0 Å². The zero-order valence-corrected chi connectivity index (χ0v) is 12.3. The van der Waals surface area contributed by atoms with Crippen LogP contribution in [0.2, 0.25) is 0 Å². The molecule has 0 atom stereocenters. The number of ether oxygens (including phenoxy) is 2. The first-order chi connectivity index (χ1) is 10.0. The summed E-state index contributed by atoms with van der Waals surface area (Å²) in [5.74, 6) is 0.539. The van der Waals surface area contributed by atoms with Gasteiger partial charge in [-0.3, -0.25) is 9.59 Å². The summed E-state index contributed by atoms with van der Waals surface area (Å²) in [4.78, 5) is 24.4. The van der Waals surface area contributed by atoms with Gasteiger partial charge >= 0.3 is 5.97 Å². The Balaban J connectivity index is 1.99. The van der Waals surface area contributed by atoms with Gasteiger partial charge in [-0.15, -0.1) is 11.3 Å². The van der Waals surface area contributed by atoms with Gasteiger partial charge in [0.05, 0.1) is 5.56 Å². The van der Waals surface area contributed by atoms with Crippen LogP contribution in [0.5, 0.6) is 11.5 Å². The van der Waals surface area contributed by atoms with E-state index < -0.39 is 5.97 Å². The van der Waals surface area contributed by atoms with Gasteiger partial charge in [-0.05, 0) is 30.0 Å². The Hall–Kier alpha value is -2.40. The van der Waals surface area contributed by atoms with E-state index in [1.165, 1.54) is 18.3 Å². The summed E-state index contributed by atoms with van der Waals surface area (Å²) in [6.45, 7) is 3.12. The molecule has 21 heavy (non-hydrogen) atoms. The quantitative estimate of drug-likeness (QED) is 0.483. The zero-order chi connectivity index (χ0) is 15.0. The van der Waals surface area contributed by atoms with Crippen LogP contribution in [-0.2, 0) is 4.79 Å². The maximum absolute atomic E-state index is 12.4. The molecule has 0 fully saturated rings. The molecule has 106 valence electrons. The number of carbonyl (C=O) groups excluding carboxylic acids is 2. The number of benzene rings is 1. The third-order valence-electron chi connectivity index (χ3n) is 3.02. The molecule has 0 N–H and O–H groups in total. The molecule has 0 saturated heterocycles. The van der Waals surface area contributed by atoms with Gasteiger partial charge in [0.2, 0.25) is 5.78 Å². The van der Waals surface area contributed by atoms with Crippen molar-refractivity contribution >= 4 is 29.2 Å². The summed E-state index contributed by atoms with van der Waals surface area (Å²) in [6.07, 6.45) is 1.72. The highest BCUT2D eigenvalue weighted by Crippen LogP contribution is 2.37. The minimum Gasteiger partial charge on any atom is -0.452 e. The van der Waals surface area contributed by atoms with Crippen LogP contribution in [0.4, 0.5) is 0 Å². The highest BCUT2D eigenvalue weighted by molar-refractivity contribution is 7.10. The van der Waals surface area contributed by atoms with E-state index in [4.69, 9.17) is 9.47 Å². The summed E-state index contributed by atoms with van der Waals surface area (Å²) in [5.41, 5.74) is 1.25. The maximum Gasteiger partial charge on any atom is 0.308 e. The highest BCUT2D eigenvalue weighted by Gasteiger charge is 2.30. The van der Waals surface area contributed by atoms with Crippen molar-refractivity contribution < 1.29 is 19.1 Å².